The zero-order valence-electron chi connectivity index (χ0n) is 14.1. The summed E-state index contributed by atoms with van der Waals surface area (Å²) in [6.07, 6.45) is 3.60. The van der Waals surface area contributed by atoms with Gasteiger partial charge in [-0.25, -0.2) is 0 Å². The second-order valence-electron chi connectivity index (χ2n) is 5.80. The van der Waals surface area contributed by atoms with Crippen LogP contribution in [0.1, 0.15) is 11.1 Å². The van der Waals surface area contributed by atoms with Crippen LogP contribution in [-0.4, -0.2) is 15.9 Å². The highest BCUT2D eigenvalue weighted by Crippen LogP contribution is 2.27. The lowest BCUT2D eigenvalue weighted by atomic mass is 10.1. The maximum Gasteiger partial charge on any atom is 0.271 e. The first-order valence-electron chi connectivity index (χ1n) is 7.84. The Hall–Kier alpha value is -3.94. The van der Waals surface area contributed by atoms with E-state index in [4.69, 9.17) is 4.42 Å². The van der Waals surface area contributed by atoms with E-state index in [1.165, 1.54) is 12.3 Å². The number of carbonyl (C=O) groups excluding carboxylic acids is 1. The van der Waals surface area contributed by atoms with Crippen molar-refractivity contribution in [2.75, 3.05) is 5.32 Å². The minimum atomic E-state index is -0.672. The average Bonchev–Trinajstić information content (AvgIpc) is 2.63. The summed E-state index contributed by atoms with van der Waals surface area (Å²) in [5, 5.41) is 23.2. The first-order chi connectivity index (χ1) is 12.8. The van der Waals surface area contributed by atoms with Crippen molar-refractivity contribution < 1.29 is 19.2 Å². The number of phenolic OH excluding ortho intramolecular Hbond substituents is 1. The molecular formula is C19H14N2O6. The summed E-state index contributed by atoms with van der Waals surface area (Å²) in [4.78, 5) is 34.6. The van der Waals surface area contributed by atoms with E-state index in [0.717, 1.165) is 29.8 Å². The van der Waals surface area contributed by atoms with E-state index in [2.05, 4.69) is 5.32 Å². The van der Waals surface area contributed by atoms with Crippen molar-refractivity contribution in [3.05, 3.63) is 80.2 Å². The topological polar surface area (TPSA) is 123 Å². The first-order valence-corrected chi connectivity index (χ1v) is 7.84. The van der Waals surface area contributed by atoms with Crippen LogP contribution in [0.3, 0.4) is 0 Å². The molecule has 1 heterocycles. The molecule has 0 aliphatic carbocycles. The van der Waals surface area contributed by atoms with Crippen molar-refractivity contribution in [1.82, 2.24) is 0 Å². The van der Waals surface area contributed by atoms with Crippen LogP contribution in [0.2, 0.25) is 0 Å². The molecule has 0 radical (unpaired) electrons. The first kappa shape index (κ1) is 17.9. The summed E-state index contributed by atoms with van der Waals surface area (Å²) >= 11 is 0. The summed E-state index contributed by atoms with van der Waals surface area (Å²) in [7, 11) is 0. The number of fused-ring (bicyclic) bond motifs is 1. The largest absolute Gasteiger partial charge is 0.506 e. The Morgan fingerprint density at radius 3 is 2.78 bits per heavy atom. The van der Waals surface area contributed by atoms with Crippen LogP contribution >= 0.6 is 0 Å². The Labute approximate surface area is 152 Å². The molecule has 0 bridgehead atoms. The maximum absolute atomic E-state index is 12.5. The number of hydrogen-bond acceptors (Lipinski definition) is 6. The van der Waals surface area contributed by atoms with Crippen LogP contribution in [0.4, 0.5) is 11.4 Å². The number of carbonyl (C=O) groups is 1. The number of phenols is 1. The molecule has 0 fully saturated rings. The number of benzene rings is 2. The summed E-state index contributed by atoms with van der Waals surface area (Å²) in [5.74, 6) is -0.988. The minimum Gasteiger partial charge on any atom is -0.506 e. The molecule has 1 amide bonds. The van der Waals surface area contributed by atoms with Crippen molar-refractivity contribution in [1.29, 1.82) is 0 Å². The molecule has 2 N–H and O–H groups in total. The summed E-state index contributed by atoms with van der Waals surface area (Å²) in [6, 6.07) is 8.46. The number of anilines is 1. The Balaban J connectivity index is 1.84. The Morgan fingerprint density at radius 2 is 2.04 bits per heavy atom. The molecule has 0 atom stereocenters. The summed E-state index contributed by atoms with van der Waals surface area (Å²) < 4.78 is 5.39. The second kappa shape index (κ2) is 7.12. The average molecular weight is 366 g/mol. The lowest BCUT2D eigenvalue weighted by Crippen LogP contribution is -2.09. The Morgan fingerprint density at radius 1 is 1.26 bits per heavy atom. The molecule has 3 rings (SSSR count). The van der Waals surface area contributed by atoms with Gasteiger partial charge in [0.15, 0.2) is 5.43 Å². The van der Waals surface area contributed by atoms with Crippen molar-refractivity contribution in [3.63, 3.8) is 0 Å². The molecule has 0 spiro atoms. The third kappa shape index (κ3) is 3.84. The van der Waals surface area contributed by atoms with Gasteiger partial charge in [-0.1, -0.05) is 11.6 Å². The van der Waals surface area contributed by atoms with Crippen molar-refractivity contribution in [2.24, 2.45) is 0 Å². The molecular weight excluding hydrogens is 352 g/mol. The van der Waals surface area contributed by atoms with Gasteiger partial charge in [-0.3, -0.25) is 19.7 Å². The van der Waals surface area contributed by atoms with Gasteiger partial charge in [-0.05, 0) is 31.2 Å². The third-order valence-corrected chi connectivity index (χ3v) is 3.82. The molecule has 1 aromatic heterocycles. The summed E-state index contributed by atoms with van der Waals surface area (Å²) in [5.41, 5.74) is 0.829. The molecule has 8 nitrogen and oxygen atoms in total. The number of nitro benzene ring substituents is 1. The lowest BCUT2D eigenvalue weighted by molar-refractivity contribution is -0.384. The molecule has 136 valence electrons. The fourth-order valence-electron chi connectivity index (χ4n) is 2.45. The fraction of sp³-hybridized carbons (Fsp3) is 0.0526. The molecule has 0 saturated heterocycles. The quantitative estimate of drug-likeness (QED) is 0.316. The van der Waals surface area contributed by atoms with Gasteiger partial charge in [0.2, 0.25) is 5.91 Å². The van der Waals surface area contributed by atoms with E-state index < -0.39 is 10.8 Å². The smallest absolute Gasteiger partial charge is 0.271 e. The maximum atomic E-state index is 12.5. The number of nitro groups is 1. The molecule has 0 aliphatic rings. The van der Waals surface area contributed by atoms with Crippen LogP contribution < -0.4 is 10.7 Å². The zero-order chi connectivity index (χ0) is 19.6. The number of nitrogens with one attached hydrogen (secondary N) is 1. The van der Waals surface area contributed by atoms with Crippen molar-refractivity contribution in [3.8, 4) is 5.75 Å². The fourth-order valence-corrected chi connectivity index (χ4v) is 2.45. The molecule has 0 unspecified atom stereocenters. The molecule has 2 aromatic carbocycles. The number of amides is 1. The highest BCUT2D eigenvalue weighted by Gasteiger charge is 2.12. The lowest BCUT2D eigenvalue weighted by Gasteiger charge is -2.04. The highest BCUT2D eigenvalue weighted by molar-refractivity contribution is 6.03. The van der Waals surface area contributed by atoms with Crippen LogP contribution in [0.25, 0.3) is 17.0 Å². The monoisotopic (exact) mass is 366 g/mol. The molecule has 0 saturated carbocycles. The number of aryl methyl sites for hydroxylation is 1. The van der Waals surface area contributed by atoms with E-state index in [9.17, 15) is 24.8 Å². The van der Waals surface area contributed by atoms with Gasteiger partial charge in [0.05, 0.1) is 21.6 Å². The van der Waals surface area contributed by atoms with Gasteiger partial charge in [0.1, 0.15) is 17.6 Å². The standard InChI is InChI=1S/C19H14N2O6/c1-11-2-6-17-14(8-11)19(24)12(10-27-17)3-7-18(23)20-15-9-13(21(25)26)4-5-16(15)22/h2-10,22H,1H3,(H,20,23)/b7-3+. The second-order valence-corrected chi connectivity index (χ2v) is 5.80. The van der Waals surface area contributed by atoms with Gasteiger partial charge < -0.3 is 14.8 Å². The van der Waals surface area contributed by atoms with E-state index in [0.29, 0.717) is 11.0 Å². The predicted octanol–water partition coefficient (Wildman–Crippen LogP) is 3.37. The van der Waals surface area contributed by atoms with E-state index >= 15 is 0 Å². The van der Waals surface area contributed by atoms with Gasteiger partial charge >= 0.3 is 0 Å². The normalized spacial score (nSPS) is 11.0. The van der Waals surface area contributed by atoms with E-state index in [-0.39, 0.29) is 28.1 Å². The molecule has 3 aromatic rings. The highest BCUT2D eigenvalue weighted by atomic mass is 16.6. The van der Waals surface area contributed by atoms with E-state index in [1.807, 2.05) is 13.0 Å². The van der Waals surface area contributed by atoms with Crippen LogP contribution in [-0.2, 0) is 4.79 Å². The number of aromatic hydroxyl groups is 1. The van der Waals surface area contributed by atoms with Crippen LogP contribution in [0, 0.1) is 17.0 Å². The third-order valence-electron chi connectivity index (χ3n) is 3.82. The molecule has 8 heteroatoms. The summed E-state index contributed by atoms with van der Waals surface area (Å²) in [6.45, 7) is 1.85. The van der Waals surface area contributed by atoms with Gasteiger partial charge in [-0.2, -0.15) is 0 Å². The van der Waals surface area contributed by atoms with Crippen LogP contribution in [0.5, 0.6) is 5.75 Å². The van der Waals surface area contributed by atoms with Crippen molar-refractivity contribution >= 4 is 34.3 Å². The Bertz CT molecular complexity index is 1150. The van der Waals surface area contributed by atoms with E-state index in [1.54, 1.807) is 12.1 Å². The molecule has 0 aliphatic heterocycles. The molecule has 27 heavy (non-hydrogen) atoms. The number of non-ortho nitro benzene ring substituents is 1. The van der Waals surface area contributed by atoms with Crippen molar-refractivity contribution in [2.45, 2.75) is 6.92 Å². The van der Waals surface area contributed by atoms with Gasteiger partial charge in [-0.15, -0.1) is 0 Å². The minimum absolute atomic E-state index is 0.111. The van der Waals surface area contributed by atoms with Crippen LogP contribution in [0.15, 0.2) is 57.9 Å². The van der Waals surface area contributed by atoms with Gasteiger partial charge in [0.25, 0.3) is 5.69 Å². The number of rotatable bonds is 4. The predicted molar refractivity (Wildman–Crippen MR) is 99.6 cm³/mol. The zero-order valence-corrected chi connectivity index (χ0v) is 14.1. The Kier molecular flexibility index (Phi) is 4.71. The van der Waals surface area contributed by atoms with Gasteiger partial charge in [0, 0.05) is 18.2 Å². The number of nitrogens with zero attached hydrogens (tertiary/aromatic N) is 1. The SMILES string of the molecule is Cc1ccc2occ(/C=C/C(=O)Nc3cc([N+](=O)[O-])ccc3O)c(=O)c2c1. The number of hydrogen-bond donors (Lipinski definition) is 2.